The highest BCUT2D eigenvalue weighted by Gasteiger charge is 2.33. The van der Waals surface area contributed by atoms with Crippen molar-refractivity contribution in [3.05, 3.63) is 35.4 Å². The quantitative estimate of drug-likeness (QED) is 0.883. The highest BCUT2D eigenvalue weighted by molar-refractivity contribution is 5.23. The lowest BCUT2D eigenvalue weighted by Crippen LogP contribution is -2.28. The number of nitrogens with two attached hydrogens (primary N) is 1. The second kappa shape index (κ2) is 5.10. The minimum atomic E-state index is -0.576. The normalized spacial score (nSPS) is 26.1. The first-order chi connectivity index (χ1) is 8.13. The molecule has 1 aliphatic heterocycles. The topological polar surface area (TPSA) is 35.2 Å². The Morgan fingerprint density at radius 3 is 2.88 bits per heavy atom. The number of rotatable bonds is 3. The highest BCUT2D eigenvalue weighted by atomic mass is 19.1. The molecule has 1 fully saturated rings. The van der Waals surface area contributed by atoms with Crippen molar-refractivity contribution < 1.29 is 13.5 Å². The Kier molecular flexibility index (Phi) is 3.74. The Hall–Kier alpha value is -1.00. The molecule has 0 amide bonds. The zero-order chi connectivity index (χ0) is 12.4. The molecule has 2 nitrogen and oxygen atoms in total. The van der Waals surface area contributed by atoms with E-state index >= 15 is 0 Å². The van der Waals surface area contributed by atoms with Crippen molar-refractivity contribution >= 4 is 0 Å². The van der Waals surface area contributed by atoms with Gasteiger partial charge in [0, 0.05) is 30.2 Å². The Morgan fingerprint density at radius 2 is 2.24 bits per heavy atom. The van der Waals surface area contributed by atoms with Crippen molar-refractivity contribution in [3.8, 4) is 0 Å². The van der Waals surface area contributed by atoms with Crippen LogP contribution in [-0.4, -0.2) is 12.7 Å². The Morgan fingerprint density at radius 1 is 1.47 bits per heavy atom. The second-order valence-electron chi connectivity index (χ2n) is 4.46. The largest absolute Gasteiger partial charge is 0.378 e. The van der Waals surface area contributed by atoms with E-state index in [9.17, 15) is 8.78 Å². The number of hydrogen-bond donors (Lipinski definition) is 1. The third-order valence-electron chi connectivity index (χ3n) is 3.45. The van der Waals surface area contributed by atoms with E-state index in [1.165, 1.54) is 12.1 Å². The second-order valence-corrected chi connectivity index (χ2v) is 4.46. The molecule has 0 saturated carbocycles. The van der Waals surface area contributed by atoms with Gasteiger partial charge in [-0.15, -0.1) is 0 Å². The molecule has 2 rings (SSSR count). The van der Waals surface area contributed by atoms with Crippen LogP contribution in [-0.2, 0) is 4.74 Å². The van der Waals surface area contributed by atoms with E-state index in [-0.39, 0.29) is 12.0 Å². The van der Waals surface area contributed by atoms with Gasteiger partial charge in [-0.1, -0.05) is 13.0 Å². The van der Waals surface area contributed by atoms with Crippen LogP contribution in [0, 0.1) is 17.6 Å². The summed E-state index contributed by atoms with van der Waals surface area (Å²) in [4.78, 5) is 0. The molecular formula is C13H17F2NO. The van der Waals surface area contributed by atoms with Gasteiger partial charge in [0.2, 0.25) is 0 Å². The molecule has 94 valence electrons. The van der Waals surface area contributed by atoms with E-state index in [1.807, 2.05) is 6.92 Å². The van der Waals surface area contributed by atoms with Gasteiger partial charge in [-0.2, -0.15) is 0 Å². The summed E-state index contributed by atoms with van der Waals surface area (Å²) in [6.07, 6.45) is 1.77. The Labute approximate surface area is 99.8 Å². The van der Waals surface area contributed by atoms with Crippen LogP contribution in [0.25, 0.3) is 0 Å². The van der Waals surface area contributed by atoms with Crippen molar-refractivity contribution in [3.63, 3.8) is 0 Å². The molecule has 4 heteroatoms. The van der Waals surface area contributed by atoms with Gasteiger partial charge in [-0.05, 0) is 18.9 Å². The number of halogens is 2. The minimum absolute atomic E-state index is 0.0782. The maximum atomic E-state index is 13.6. The van der Waals surface area contributed by atoms with Gasteiger partial charge in [-0.3, -0.25) is 0 Å². The first-order valence-corrected chi connectivity index (χ1v) is 5.95. The molecule has 1 aromatic carbocycles. The highest BCUT2D eigenvalue weighted by Crippen LogP contribution is 2.34. The fourth-order valence-electron chi connectivity index (χ4n) is 2.50. The minimum Gasteiger partial charge on any atom is -0.378 e. The average Bonchev–Trinajstić information content (AvgIpc) is 2.76. The van der Waals surface area contributed by atoms with Crippen molar-refractivity contribution in [2.24, 2.45) is 11.7 Å². The summed E-state index contributed by atoms with van der Waals surface area (Å²) in [6, 6.07) is 3.13. The molecule has 0 aromatic heterocycles. The molecule has 1 aromatic rings. The molecule has 0 aliphatic carbocycles. The van der Waals surface area contributed by atoms with Crippen LogP contribution >= 0.6 is 0 Å². The zero-order valence-corrected chi connectivity index (χ0v) is 9.83. The van der Waals surface area contributed by atoms with Gasteiger partial charge < -0.3 is 10.5 Å². The lowest BCUT2D eigenvalue weighted by molar-refractivity contribution is 0.0810. The number of benzene rings is 1. The molecule has 1 aliphatic rings. The molecule has 0 radical (unpaired) electrons. The molecule has 2 N–H and O–H groups in total. The van der Waals surface area contributed by atoms with Crippen LogP contribution in [0.2, 0.25) is 0 Å². The van der Waals surface area contributed by atoms with E-state index in [1.54, 1.807) is 0 Å². The van der Waals surface area contributed by atoms with E-state index in [0.717, 1.165) is 18.9 Å². The number of ether oxygens (including phenoxy) is 1. The van der Waals surface area contributed by atoms with Gasteiger partial charge in [0.05, 0.1) is 6.10 Å². The average molecular weight is 241 g/mol. The molecule has 0 spiro atoms. The smallest absolute Gasteiger partial charge is 0.130 e. The molecular weight excluding hydrogens is 224 g/mol. The first kappa shape index (κ1) is 12.5. The van der Waals surface area contributed by atoms with Gasteiger partial charge in [0.25, 0.3) is 0 Å². The molecule has 3 atom stereocenters. The standard InChI is InChI=1S/C13H17F2NO/c1-2-12-10(5-6-17-12)13(16)9-4-3-8(14)7-11(9)15/h3-4,7,10,12-13H,2,5-6,16H2,1H3. The summed E-state index contributed by atoms with van der Waals surface area (Å²) >= 11 is 0. The summed E-state index contributed by atoms with van der Waals surface area (Å²) in [7, 11) is 0. The predicted octanol–water partition coefficient (Wildman–Crippen LogP) is 2.78. The van der Waals surface area contributed by atoms with Crippen molar-refractivity contribution in [2.45, 2.75) is 31.9 Å². The van der Waals surface area contributed by atoms with E-state index < -0.39 is 17.7 Å². The van der Waals surface area contributed by atoms with Crippen LogP contribution in [0.4, 0.5) is 8.78 Å². The summed E-state index contributed by atoms with van der Waals surface area (Å²) < 4.78 is 32.0. The molecule has 3 unspecified atom stereocenters. The van der Waals surface area contributed by atoms with Gasteiger partial charge >= 0.3 is 0 Å². The SMILES string of the molecule is CCC1OCCC1C(N)c1ccc(F)cc1F. The molecule has 1 saturated heterocycles. The van der Waals surface area contributed by atoms with Gasteiger partial charge in [-0.25, -0.2) is 8.78 Å². The fourth-order valence-corrected chi connectivity index (χ4v) is 2.50. The molecule has 17 heavy (non-hydrogen) atoms. The Bertz CT molecular complexity index is 397. The third-order valence-corrected chi connectivity index (χ3v) is 3.45. The van der Waals surface area contributed by atoms with Crippen molar-refractivity contribution in [2.75, 3.05) is 6.61 Å². The Balaban J connectivity index is 2.21. The summed E-state index contributed by atoms with van der Waals surface area (Å²) in [5.74, 6) is -1.03. The number of hydrogen-bond acceptors (Lipinski definition) is 2. The van der Waals surface area contributed by atoms with E-state index in [4.69, 9.17) is 10.5 Å². The monoisotopic (exact) mass is 241 g/mol. The van der Waals surface area contributed by atoms with Gasteiger partial charge in [0.1, 0.15) is 11.6 Å². The van der Waals surface area contributed by atoms with E-state index in [0.29, 0.717) is 12.2 Å². The predicted molar refractivity (Wildman–Crippen MR) is 61.4 cm³/mol. The maximum absolute atomic E-state index is 13.6. The lowest BCUT2D eigenvalue weighted by Gasteiger charge is -2.24. The molecule has 1 heterocycles. The van der Waals surface area contributed by atoms with Crippen LogP contribution in [0.5, 0.6) is 0 Å². The van der Waals surface area contributed by atoms with Crippen molar-refractivity contribution in [1.29, 1.82) is 0 Å². The van der Waals surface area contributed by atoms with Gasteiger partial charge in [0.15, 0.2) is 0 Å². The van der Waals surface area contributed by atoms with Crippen LogP contribution in [0.1, 0.15) is 31.4 Å². The summed E-state index contributed by atoms with van der Waals surface area (Å²) in [5.41, 5.74) is 6.45. The van der Waals surface area contributed by atoms with Crippen LogP contribution in [0.3, 0.4) is 0 Å². The lowest BCUT2D eigenvalue weighted by atomic mass is 9.87. The maximum Gasteiger partial charge on any atom is 0.130 e. The summed E-state index contributed by atoms with van der Waals surface area (Å²) in [6.45, 7) is 2.69. The van der Waals surface area contributed by atoms with Crippen LogP contribution < -0.4 is 5.73 Å². The van der Waals surface area contributed by atoms with Crippen LogP contribution in [0.15, 0.2) is 18.2 Å². The third kappa shape index (κ3) is 2.48. The van der Waals surface area contributed by atoms with Crippen molar-refractivity contribution in [1.82, 2.24) is 0 Å². The first-order valence-electron chi connectivity index (χ1n) is 5.95. The van der Waals surface area contributed by atoms with E-state index in [2.05, 4.69) is 0 Å². The fraction of sp³-hybridized carbons (Fsp3) is 0.538. The molecule has 0 bridgehead atoms. The zero-order valence-electron chi connectivity index (χ0n) is 9.83. The summed E-state index contributed by atoms with van der Waals surface area (Å²) in [5, 5.41) is 0.